The van der Waals surface area contributed by atoms with Crippen molar-refractivity contribution in [3.8, 4) is 33.8 Å². The van der Waals surface area contributed by atoms with Crippen LogP contribution in [-0.4, -0.2) is 0 Å². The second kappa shape index (κ2) is 14.8. The van der Waals surface area contributed by atoms with Gasteiger partial charge in [-0.1, -0.05) is 158 Å². The van der Waals surface area contributed by atoms with Gasteiger partial charge in [0.2, 0.25) is 0 Å². The Morgan fingerprint density at radius 2 is 1.06 bits per heavy atom. The van der Waals surface area contributed by atoms with Crippen molar-refractivity contribution in [3.05, 3.63) is 275 Å². The topological polar surface area (TPSA) is 21.7 Å². The highest BCUT2D eigenvalue weighted by Gasteiger charge is 2.54. The molecule has 320 valence electrons. The number of allylic oxidation sites excluding steroid dienone is 7. The number of benzene rings is 8. The molecule has 2 aliphatic heterocycles. The van der Waals surface area contributed by atoms with E-state index in [1.54, 1.807) is 0 Å². The van der Waals surface area contributed by atoms with Gasteiger partial charge < -0.3 is 14.4 Å². The molecule has 0 bridgehead atoms. The number of hydrogen-bond acceptors (Lipinski definition) is 4. The van der Waals surface area contributed by atoms with E-state index in [1.165, 1.54) is 64.7 Å². The van der Waals surface area contributed by atoms with Crippen LogP contribution in [0.1, 0.15) is 54.2 Å². The Labute approximate surface area is 395 Å². The first-order valence-electron chi connectivity index (χ1n) is 23.1. The van der Waals surface area contributed by atoms with Crippen molar-refractivity contribution >= 4 is 42.9 Å². The number of hydrogen-bond donors (Lipinski definition) is 0. The molecule has 0 unspecified atom stereocenters. The Bertz CT molecular complexity index is 3630. The van der Waals surface area contributed by atoms with Gasteiger partial charge in [-0.25, -0.2) is 0 Å². The first-order valence-corrected chi connectivity index (χ1v) is 23.9. The van der Waals surface area contributed by atoms with Crippen LogP contribution in [0.4, 0.5) is 11.4 Å². The van der Waals surface area contributed by atoms with Crippen molar-refractivity contribution in [2.24, 2.45) is 0 Å². The Morgan fingerprint density at radius 1 is 0.537 bits per heavy atom. The van der Waals surface area contributed by atoms with Crippen molar-refractivity contribution < 1.29 is 9.47 Å². The molecule has 3 nitrogen and oxygen atoms in total. The number of rotatable bonds is 6. The molecule has 0 N–H and O–H groups in total. The Morgan fingerprint density at radius 3 is 1.70 bits per heavy atom. The molecule has 0 atom stereocenters. The lowest BCUT2D eigenvalue weighted by Gasteiger charge is -2.43. The number of ether oxygens (including phenoxy) is 2. The van der Waals surface area contributed by atoms with Gasteiger partial charge in [0, 0.05) is 42.6 Å². The van der Waals surface area contributed by atoms with Gasteiger partial charge in [0.05, 0.1) is 22.2 Å². The minimum absolute atomic E-state index is 0.659. The van der Waals surface area contributed by atoms with Crippen LogP contribution in [0.2, 0.25) is 0 Å². The van der Waals surface area contributed by atoms with E-state index in [0.717, 1.165) is 62.4 Å². The lowest BCUT2D eigenvalue weighted by atomic mass is 9.65. The van der Waals surface area contributed by atoms with Crippen LogP contribution in [0.5, 0.6) is 11.5 Å². The highest BCUT2D eigenvalue weighted by Crippen LogP contribution is 2.65. The third kappa shape index (κ3) is 5.22. The molecule has 0 saturated heterocycles. The number of para-hydroxylation sites is 1. The molecule has 2 aliphatic carbocycles. The van der Waals surface area contributed by atoms with E-state index in [-0.39, 0.29) is 0 Å². The molecule has 67 heavy (non-hydrogen) atoms. The van der Waals surface area contributed by atoms with Crippen molar-refractivity contribution in [1.82, 2.24) is 0 Å². The van der Waals surface area contributed by atoms with Crippen LogP contribution in [0.3, 0.4) is 0 Å². The van der Waals surface area contributed by atoms with Gasteiger partial charge in [-0.05, 0) is 125 Å². The summed E-state index contributed by atoms with van der Waals surface area (Å²) in [6.07, 6.45) is 8.59. The first kappa shape index (κ1) is 39.4. The maximum absolute atomic E-state index is 7.14. The summed E-state index contributed by atoms with van der Waals surface area (Å²) >= 11 is 1.83. The fourth-order valence-corrected chi connectivity index (χ4v) is 13.3. The molecular weight excluding hydrogens is 835 g/mol. The first-order chi connectivity index (χ1) is 33.0. The van der Waals surface area contributed by atoms with Crippen molar-refractivity contribution in [2.45, 2.75) is 31.6 Å². The van der Waals surface area contributed by atoms with E-state index in [1.807, 2.05) is 17.4 Å². The third-order valence-electron chi connectivity index (χ3n) is 14.7. The van der Waals surface area contributed by atoms with E-state index in [9.17, 15) is 0 Å². The molecule has 9 aromatic rings. The van der Waals surface area contributed by atoms with E-state index >= 15 is 0 Å². The summed E-state index contributed by atoms with van der Waals surface area (Å²) in [6, 6.07) is 66.4. The smallest absolute Gasteiger partial charge is 0.134 e. The molecular formula is C63H45NO2S. The third-order valence-corrected chi connectivity index (χ3v) is 15.8. The highest BCUT2D eigenvalue weighted by molar-refractivity contribution is 7.26. The Balaban J connectivity index is 1.17. The summed E-state index contributed by atoms with van der Waals surface area (Å²) in [7, 11) is 0. The normalized spacial score (nSPS) is 15.8. The summed E-state index contributed by atoms with van der Waals surface area (Å²) in [5.41, 5.74) is 15.9. The van der Waals surface area contributed by atoms with Gasteiger partial charge in [-0.2, -0.15) is 0 Å². The maximum Gasteiger partial charge on any atom is 0.134 e. The van der Waals surface area contributed by atoms with Gasteiger partial charge in [0.15, 0.2) is 0 Å². The number of anilines is 2. The monoisotopic (exact) mass is 879 g/mol. The largest absolute Gasteiger partial charge is 0.462 e. The number of nitrogens with zero attached hydrogens (tertiary/aromatic N) is 1. The summed E-state index contributed by atoms with van der Waals surface area (Å²) in [5.74, 6) is 3.38. The van der Waals surface area contributed by atoms with Crippen molar-refractivity contribution in [2.75, 3.05) is 4.90 Å². The fourth-order valence-electron chi connectivity index (χ4n) is 12.2. The summed E-state index contributed by atoms with van der Waals surface area (Å²) < 4.78 is 16.6. The van der Waals surface area contributed by atoms with E-state index in [4.69, 9.17) is 16.1 Å². The van der Waals surface area contributed by atoms with Crippen LogP contribution in [0.15, 0.2) is 241 Å². The molecule has 3 heterocycles. The van der Waals surface area contributed by atoms with Crippen molar-refractivity contribution in [1.29, 1.82) is 0 Å². The lowest BCUT2D eigenvalue weighted by Crippen LogP contribution is -2.35. The molecule has 13 rings (SSSR count). The molecule has 0 radical (unpaired) electrons. The van der Waals surface area contributed by atoms with Crippen LogP contribution in [0, 0.1) is 0 Å². The minimum Gasteiger partial charge on any atom is -0.462 e. The Kier molecular flexibility index (Phi) is 8.71. The predicted molar refractivity (Wildman–Crippen MR) is 278 cm³/mol. The SMILES string of the molecule is C=C/C(=C\C1=C(C)OC(/C=C\C)=C(C)C12c1ccccc1-c1ccccc12)N(c1cccc2c1C1(c3ccccc3O2)c2ccccc2-c2ccccc21)c1cccc2sc3ccccc3c12. The zero-order valence-electron chi connectivity index (χ0n) is 37.5. The zero-order chi connectivity index (χ0) is 45.0. The quantitative estimate of drug-likeness (QED) is 0.155. The van der Waals surface area contributed by atoms with Gasteiger partial charge in [-0.15, -0.1) is 11.3 Å². The van der Waals surface area contributed by atoms with E-state index < -0.39 is 10.8 Å². The summed E-state index contributed by atoms with van der Waals surface area (Å²) in [5, 5.41) is 2.40. The Hall–Kier alpha value is -7.92. The van der Waals surface area contributed by atoms with Gasteiger partial charge in [0.1, 0.15) is 23.0 Å². The maximum atomic E-state index is 7.14. The van der Waals surface area contributed by atoms with Gasteiger partial charge in [-0.3, -0.25) is 0 Å². The second-order valence-corrected chi connectivity index (χ2v) is 18.9. The summed E-state index contributed by atoms with van der Waals surface area (Å²) in [6.45, 7) is 11.1. The molecule has 1 aromatic heterocycles. The van der Waals surface area contributed by atoms with Crippen molar-refractivity contribution in [3.63, 3.8) is 0 Å². The lowest BCUT2D eigenvalue weighted by molar-refractivity contribution is 0.290. The van der Waals surface area contributed by atoms with Gasteiger partial charge >= 0.3 is 0 Å². The summed E-state index contributed by atoms with van der Waals surface area (Å²) in [4.78, 5) is 2.47. The molecule has 4 heteroatoms. The minimum atomic E-state index is -0.725. The van der Waals surface area contributed by atoms with Gasteiger partial charge in [0.25, 0.3) is 0 Å². The van der Waals surface area contributed by atoms with E-state index in [2.05, 4.69) is 226 Å². The molecule has 2 spiro atoms. The number of thiophene rings is 1. The van der Waals surface area contributed by atoms with Crippen LogP contribution in [0.25, 0.3) is 42.4 Å². The molecule has 8 aromatic carbocycles. The number of fused-ring (bicyclic) bond motifs is 17. The zero-order valence-corrected chi connectivity index (χ0v) is 38.3. The highest BCUT2D eigenvalue weighted by atomic mass is 32.1. The average Bonchev–Trinajstić information content (AvgIpc) is 4.00. The molecule has 0 saturated carbocycles. The molecule has 0 amide bonds. The second-order valence-electron chi connectivity index (χ2n) is 17.8. The standard InChI is InChI=1S/C63H45NO2S/c1-5-21-55-39(3)62(47-27-12-7-22-42(47)43-23-8-13-28-48(43)62)52(40(4)65-55)38-41(6-2)64(53-32-20-37-59-60(53)46-26-11-18-36-58(46)67-59)54-33-19-35-57-61(54)63(51-31-16-17-34-56(51)66-57)49-29-14-9-24-44(49)45-25-10-15-30-50(45)63/h5-38H,2H2,1,3-4H3/b21-5-,41-38+. The molecule has 4 aliphatic rings. The van der Waals surface area contributed by atoms with Crippen LogP contribution < -0.4 is 9.64 Å². The van der Waals surface area contributed by atoms with Crippen LogP contribution in [-0.2, 0) is 15.6 Å². The fraction of sp³-hybridized carbons (Fsp3) is 0.0794. The van der Waals surface area contributed by atoms with E-state index in [0.29, 0.717) is 0 Å². The average molecular weight is 880 g/mol. The predicted octanol–water partition coefficient (Wildman–Crippen LogP) is 16.9. The van der Waals surface area contributed by atoms with Crippen LogP contribution >= 0.6 is 11.3 Å². The molecule has 0 fully saturated rings.